The lowest BCUT2D eigenvalue weighted by Gasteiger charge is -2.20. The van der Waals surface area contributed by atoms with Gasteiger partial charge in [0.2, 0.25) is 0 Å². The molecule has 2 N–H and O–H groups in total. The molecule has 0 bridgehead atoms. The van der Waals surface area contributed by atoms with Crippen molar-refractivity contribution in [1.29, 1.82) is 0 Å². The van der Waals surface area contributed by atoms with Crippen molar-refractivity contribution in [2.45, 2.75) is 58.6 Å². The van der Waals surface area contributed by atoms with Gasteiger partial charge in [-0.2, -0.15) is 0 Å². The van der Waals surface area contributed by atoms with Crippen LogP contribution in [-0.2, 0) is 4.74 Å². The molecule has 2 heteroatoms. The Morgan fingerprint density at radius 3 is 2.23 bits per heavy atom. The number of nitrogens with two attached hydrogens (primary N) is 1. The van der Waals surface area contributed by atoms with Crippen LogP contribution in [-0.4, -0.2) is 19.3 Å². The molecule has 0 rings (SSSR count). The SMILES string of the molecule is CCCC(C)C(N)CCC(C)OC. The van der Waals surface area contributed by atoms with Gasteiger partial charge in [-0.1, -0.05) is 20.3 Å². The van der Waals surface area contributed by atoms with Crippen LogP contribution < -0.4 is 5.73 Å². The number of hydrogen-bond donors (Lipinski definition) is 1. The van der Waals surface area contributed by atoms with Crippen molar-refractivity contribution in [2.24, 2.45) is 11.7 Å². The predicted octanol–water partition coefficient (Wildman–Crippen LogP) is 2.57. The lowest BCUT2D eigenvalue weighted by molar-refractivity contribution is 0.105. The van der Waals surface area contributed by atoms with E-state index in [0.29, 0.717) is 18.1 Å². The summed E-state index contributed by atoms with van der Waals surface area (Å²) in [6, 6.07) is 0.345. The second-order valence-corrected chi connectivity index (χ2v) is 4.05. The molecule has 0 aliphatic carbocycles. The number of methoxy groups -OCH3 is 1. The molecule has 0 aliphatic heterocycles. The Balaban J connectivity index is 3.54. The summed E-state index contributed by atoms with van der Waals surface area (Å²) in [5.74, 6) is 0.647. The highest BCUT2D eigenvalue weighted by atomic mass is 16.5. The van der Waals surface area contributed by atoms with Crippen LogP contribution in [0.5, 0.6) is 0 Å². The fraction of sp³-hybridized carbons (Fsp3) is 1.00. The average Bonchev–Trinajstić information content (AvgIpc) is 2.13. The maximum Gasteiger partial charge on any atom is 0.0543 e. The first kappa shape index (κ1) is 12.9. The van der Waals surface area contributed by atoms with E-state index in [9.17, 15) is 0 Å². The standard InChI is InChI=1S/C11H25NO/c1-5-6-9(2)11(12)8-7-10(3)13-4/h9-11H,5-8,12H2,1-4H3. The van der Waals surface area contributed by atoms with Crippen LogP contribution >= 0.6 is 0 Å². The minimum atomic E-state index is 0.345. The zero-order valence-electron chi connectivity index (χ0n) is 9.55. The molecule has 0 saturated heterocycles. The molecule has 0 radical (unpaired) electrons. The topological polar surface area (TPSA) is 35.2 Å². The van der Waals surface area contributed by atoms with Gasteiger partial charge in [-0.15, -0.1) is 0 Å². The van der Waals surface area contributed by atoms with Crippen molar-refractivity contribution >= 4 is 0 Å². The first-order valence-electron chi connectivity index (χ1n) is 5.40. The second-order valence-electron chi connectivity index (χ2n) is 4.05. The quantitative estimate of drug-likeness (QED) is 0.665. The van der Waals surface area contributed by atoms with Gasteiger partial charge in [-0.3, -0.25) is 0 Å². The van der Waals surface area contributed by atoms with Crippen molar-refractivity contribution in [3.8, 4) is 0 Å². The van der Waals surface area contributed by atoms with Gasteiger partial charge < -0.3 is 10.5 Å². The van der Waals surface area contributed by atoms with E-state index >= 15 is 0 Å². The summed E-state index contributed by atoms with van der Waals surface area (Å²) in [6.07, 6.45) is 4.97. The molecule has 0 saturated carbocycles. The van der Waals surface area contributed by atoms with Crippen molar-refractivity contribution in [1.82, 2.24) is 0 Å². The smallest absolute Gasteiger partial charge is 0.0543 e. The molecule has 0 aromatic heterocycles. The van der Waals surface area contributed by atoms with Crippen molar-refractivity contribution in [3.05, 3.63) is 0 Å². The van der Waals surface area contributed by atoms with Crippen LogP contribution in [0.15, 0.2) is 0 Å². The molecule has 0 aromatic rings. The summed E-state index contributed by atoms with van der Waals surface area (Å²) in [4.78, 5) is 0. The Morgan fingerprint density at radius 1 is 1.15 bits per heavy atom. The largest absolute Gasteiger partial charge is 0.382 e. The van der Waals surface area contributed by atoms with Gasteiger partial charge in [-0.05, 0) is 32.1 Å². The summed E-state index contributed by atoms with van der Waals surface area (Å²) in [5.41, 5.74) is 6.05. The Hall–Kier alpha value is -0.0800. The van der Waals surface area contributed by atoms with Gasteiger partial charge in [-0.25, -0.2) is 0 Å². The maximum absolute atomic E-state index is 6.05. The summed E-state index contributed by atoms with van der Waals surface area (Å²) in [6.45, 7) is 6.55. The van der Waals surface area contributed by atoms with Gasteiger partial charge in [0, 0.05) is 13.2 Å². The zero-order valence-corrected chi connectivity index (χ0v) is 9.55. The van der Waals surface area contributed by atoms with E-state index < -0.39 is 0 Å². The molecule has 0 aromatic carbocycles. The number of rotatable bonds is 7. The molecular weight excluding hydrogens is 162 g/mol. The van der Waals surface area contributed by atoms with Gasteiger partial charge in [0.1, 0.15) is 0 Å². The van der Waals surface area contributed by atoms with Gasteiger partial charge >= 0.3 is 0 Å². The van der Waals surface area contributed by atoms with Crippen molar-refractivity contribution < 1.29 is 4.74 Å². The monoisotopic (exact) mass is 187 g/mol. The fourth-order valence-electron chi connectivity index (χ4n) is 1.50. The molecule has 3 atom stereocenters. The van der Waals surface area contributed by atoms with Gasteiger partial charge in [0.05, 0.1) is 6.10 Å². The van der Waals surface area contributed by atoms with Crippen molar-refractivity contribution in [2.75, 3.05) is 7.11 Å². The van der Waals surface area contributed by atoms with E-state index in [1.807, 2.05) is 0 Å². The Morgan fingerprint density at radius 2 is 1.77 bits per heavy atom. The lowest BCUT2D eigenvalue weighted by atomic mass is 9.93. The highest BCUT2D eigenvalue weighted by Gasteiger charge is 2.12. The van der Waals surface area contributed by atoms with E-state index in [4.69, 9.17) is 10.5 Å². The molecule has 0 heterocycles. The molecule has 0 fully saturated rings. The highest BCUT2D eigenvalue weighted by molar-refractivity contribution is 4.70. The molecule has 0 aliphatic rings. The highest BCUT2D eigenvalue weighted by Crippen LogP contribution is 2.14. The van der Waals surface area contributed by atoms with Crippen LogP contribution in [0, 0.1) is 5.92 Å². The fourth-order valence-corrected chi connectivity index (χ4v) is 1.50. The minimum Gasteiger partial charge on any atom is -0.382 e. The molecule has 2 nitrogen and oxygen atoms in total. The van der Waals surface area contributed by atoms with E-state index in [1.165, 1.54) is 12.8 Å². The number of hydrogen-bond acceptors (Lipinski definition) is 2. The normalized spacial score (nSPS) is 18.2. The van der Waals surface area contributed by atoms with E-state index in [-0.39, 0.29) is 0 Å². The Bertz CT molecular complexity index is 117. The van der Waals surface area contributed by atoms with E-state index in [2.05, 4.69) is 20.8 Å². The summed E-state index contributed by atoms with van der Waals surface area (Å²) >= 11 is 0. The van der Waals surface area contributed by atoms with Crippen LogP contribution in [0.2, 0.25) is 0 Å². The van der Waals surface area contributed by atoms with Crippen LogP contribution in [0.25, 0.3) is 0 Å². The zero-order chi connectivity index (χ0) is 10.3. The Labute approximate surface area is 82.8 Å². The Kier molecular flexibility index (Phi) is 7.29. The van der Waals surface area contributed by atoms with Gasteiger partial charge in [0.15, 0.2) is 0 Å². The predicted molar refractivity (Wildman–Crippen MR) is 57.8 cm³/mol. The minimum absolute atomic E-state index is 0.345. The van der Waals surface area contributed by atoms with Crippen LogP contribution in [0.4, 0.5) is 0 Å². The van der Waals surface area contributed by atoms with Crippen LogP contribution in [0.1, 0.15) is 46.5 Å². The van der Waals surface area contributed by atoms with Crippen LogP contribution in [0.3, 0.4) is 0 Å². The molecular formula is C11H25NO. The average molecular weight is 187 g/mol. The first-order valence-corrected chi connectivity index (χ1v) is 5.40. The summed E-state index contributed by atoms with van der Waals surface area (Å²) < 4.78 is 5.18. The molecule has 80 valence electrons. The number of ether oxygens (including phenoxy) is 1. The lowest BCUT2D eigenvalue weighted by Crippen LogP contribution is -2.29. The first-order chi connectivity index (χ1) is 6.11. The van der Waals surface area contributed by atoms with E-state index in [0.717, 1.165) is 12.8 Å². The summed E-state index contributed by atoms with van der Waals surface area (Å²) in [5, 5.41) is 0. The second kappa shape index (κ2) is 7.34. The summed E-state index contributed by atoms with van der Waals surface area (Å²) in [7, 11) is 1.76. The van der Waals surface area contributed by atoms with E-state index in [1.54, 1.807) is 7.11 Å². The third-order valence-corrected chi connectivity index (χ3v) is 2.78. The molecule has 0 spiro atoms. The molecule has 0 amide bonds. The third-order valence-electron chi connectivity index (χ3n) is 2.78. The van der Waals surface area contributed by atoms with Crippen molar-refractivity contribution in [3.63, 3.8) is 0 Å². The molecule has 13 heavy (non-hydrogen) atoms. The molecule has 3 unspecified atom stereocenters. The van der Waals surface area contributed by atoms with Gasteiger partial charge in [0.25, 0.3) is 0 Å². The third kappa shape index (κ3) is 6.05. The maximum atomic E-state index is 6.05.